The molecule has 0 radical (unpaired) electrons. The molecule has 1 heterocycles. The number of carbonyl (C=O) groups excluding carboxylic acids is 1. The van der Waals surface area contributed by atoms with Gasteiger partial charge in [-0.3, -0.25) is 9.69 Å². The number of likely N-dealkylation sites (N-methyl/N-ethyl adjacent to an activating group) is 1. The molecule has 2 rings (SSSR count). The van der Waals surface area contributed by atoms with E-state index < -0.39 is 0 Å². The Bertz CT molecular complexity index is 505. The number of carbonyl (C=O) groups is 1. The summed E-state index contributed by atoms with van der Waals surface area (Å²) in [5.41, 5.74) is 1.54. The topological polar surface area (TPSA) is 33.5 Å². The summed E-state index contributed by atoms with van der Waals surface area (Å²) in [7, 11) is 1.86. The third kappa shape index (κ3) is 3.28. The van der Waals surface area contributed by atoms with E-state index in [0.29, 0.717) is 12.1 Å². The Morgan fingerprint density at radius 2 is 2.00 bits per heavy atom. The molecule has 4 heteroatoms. The Balaban J connectivity index is 1.92. The number of furan rings is 1. The second kappa shape index (κ2) is 5.60. The van der Waals surface area contributed by atoms with Crippen LogP contribution in [0.4, 0.5) is 4.39 Å². The van der Waals surface area contributed by atoms with Crippen molar-refractivity contribution in [2.45, 2.75) is 6.54 Å². The molecular formula is C14H14FNO2. The summed E-state index contributed by atoms with van der Waals surface area (Å²) in [4.78, 5) is 13.8. The fourth-order valence-corrected chi connectivity index (χ4v) is 1.72. The van der Waals surface area contributed by atoms with Gasteiger partial charge in [0.2, 0.25) is 0 Å². The summed E-state index contributed by atoms with van der Waals surface area (Å²) in [6.45, 7) is 0.931. The third-order valence-corrected chi connectivity index (χ3v) is 2.61. The minimum Gasteiger partial charge on any atom is -0.472 e. The van der Waals surface area contributed by atoms with Crippen LogP contribution >= 0.6 is 0 Å². The summed E-state index contributed by atoms with van der Waals surface area (Å²) in [5, 5.41) is 0. The van der Waals surface area contributed by atoms with Crippen LogP contribution in [-0.2, 0) is 6.54 Å². The molecule has 0 atom stereocenters. The average Bonchev–Trinajstić information content (AvgIpc) is 2.82. The largest absolute Gasteiger partial charge is 0.472 e. The number of nitrogens with zero attached hydrogens (tertiary/aromatic N) is 1. The van der Waals surface area contributed by atoms with E-state index >= 15 is 0 Å². The second-order valence-corrected chi connectivity index (χ2v) is 4.23. The Labute approximate surface area is 105 Å². The van der Waals surface area contributed by atoms with Gasteiger partial charge in [-0.1, -0.05) is 0 Å². The van der Waals surface area contributed by atoms with Gasteiger partial charge in [-0.2, -0.15) is 0 Å². The summed E-state index contributed by atoms with van der Waals surface area (Å²) in [6, 6.07) is 7.46. The van der Waals surface area contributed by atoms with E-state index in [-0.39, 0.29) is 18.1 Å². The lowest BCUT2D eigenvalue weighted by Crippen LogP contribution is -2.25. The SMILES string of the molecule is CN(CC(=O)c1ccc(F)cc1)Cc1ccoc1. The lowest BCUT2D eigenvalue weighted by Gasteiger charge is -2.14. The highest BCUT2D eigenvalue weighted by Gasteiger charge is 2.10. The first kappa shape index (κ1) is 12.5. The molecule has 0 spiro atoms. The van der Waals surface area contributed by atoms with Gasteiger partial charge in [0, 0.05) is 17.7 Å². The first-order chi connectivity index (χ1) is 8.65. The fraction of sp³-hybridized carbons (Fsp3) is 0.214. The van der Waals surface area contributed by atoms with Crippen molar-refractivity contribution in [3.05, 3.63) is 59.8 Å². The lowest BCUT2D eigenvalue weighted by molar-refractivity contribution is 0.0943. The van der Waals surface area contributed by atoms with Gasteiger partial charge in [-0.05, 0) is 37.4 Å². The molecule has 0 aliphatic rings. The molecule has 0 N–H and O–H groups in total. The maximum absolute atomic E-state index is 12.7. The van der Waals surface area contributed by atoms with Crippen molar-refractivity contribution in [1.82, 2.24) is 4.90 Å². The molecule has 0 bridgehead atoms. The van der Waals surface area contributed by atoms with Crippen LogP contribution in [0.5, 0.6) is 0 Å². The molecule has 18 heavy (non-hydrogen) atoms. The van der Waals surface area contributed by atoms with Crippen molar-refractivity contribution in [2.24, 2.45) is 0 Å². The highest BCUT2D eigenvalue weighted by molar-refractivity contribution is 5.97. The van der Waals surface area contributed by atoms with Crippen LogP contribution in [0.2, 0.25) is 0 Å². The molecule has 94 valence electrons. The molecule has 0 saturated carbocycles. The third-order valence-electron chi connectivity index (χ3n) is 2.61. The highest BCUT2D eigenvalue weighted by atomic mass is 19.1. The molecule has 0 aliphatic carbocycles. The number of ketones is 1. The molecule has 0 unspecified atom stereocenters. The number of hydrogen-bond donors (Lipinski definition) is 0. The number of rotatable bonds is 5. The average molecular weight is 247 g/mol. The monoisotopic (exact) mass is 247 g/mol. The normalized spacial score (nSPS) is 10.8. The Morgan fingerprint density at radius 1 is 1.28 bits per heavy atom. The highest BCUT2D eigenvalue weighted by Crippen LogP contribution is 2.07. The van der Waals surface area contributed by atoms with Gasteiger partial charge in [0.15, 0.2) is 5.78 Å². The number of benzene rings is 1. The van der Waals surface area contributed by atoms with Crippen molar-refractivity contribution in [3.8, 4) is 0 Å². The smallest absolute Gasteiger partial charge is 0.176 e. The van der Waals surface area contributed by atoms with Crippen LogP contribution in [0, 0.1) is 5.82 Å². The zero-order valence-corrected chi connectivity index (χ0v) is 10.1. The van der Waals surface area contributed by atoms with Gasteiger partial charge >= 0.3 is 0 Å². The van der Waals surface area contributed by atoms with E-state index in [2.05, 4.69) is 0 Å². The molecule has 0 amide bonds. The van der Waals surface area contributed by atoms with Crippen molar-refractivity contribution in [1.29, 1.82) is 0 Å². The molecule has 1 aromatic heterocycles. The Hall–Kier alpha value is -1.94. The van der Waals surface area contributed by atoms with Crippen LogP contribution in [0.3, 0.4) is 0 Å². The summed E-state index contributed by atoms with van der Waals surface area (Å²) < 4.78 is 17.7. The van der Waals surface area contributed by atoms with Crippen LogP contribution in [0.1, 0.15) is 15.9 Å². The maximum Gasteiger partial charge on any atom is 0.176 e. The van der Waals surface area contributed by atoms with Gasteiger partial charge in [0.25, 0.3) is 0 Å². The van der Waals surface area contributed by atoms with Gasteiger partial charge in [0.1, 0.15) is 5.82 Å². The van der Waals surface area contributed by atoms with Gasteiger partial charge in [-0.25, -0.2) is 4.39 Å². The van der Waals surface area contributed by atoms with Crippen LogP contribution in [0.15, 0.2) is 47.3 Å². The number of Topliss-reactive ketones (excluding diaryl/α,β-unsaturated/α-hetero) is 1. The van der Waals surface area contributed by atoms with Crippen LogP contribution < -0.4 is 0 Å². The van der Waals surface area contributed by atoms with Crippen LogP contribution in [0.25, 0.3) is 0 Å². The number of hydrogen-bond acceptors (Lipinski definition) is 3. The first-order valence-electron chi connectivity index (χ1n) is 5.63. The predicted molar refractivity (Wildman–Crippen MR) is 65.8 cm³/mol. The lowest BCUT2D eigenvalue weighted by atomic mass is 10.1. The predicted octanol–water partition coefficient (Wildman–Crippen LogP) is 2.73. The quantitative estimate of drug-likeness (QED) is 0.762. The van der Waals surface area contributed by atoms with E-state index in [1.807, 2.05) is 18.0 Å². The van der Waals surface area contributed by atoms with Gasteiger partial charge in [-0.15, -0.1) is 0 Å². The minimum absolute atomic E-state index is 0.0269. The van der Waals surface area contributed by atoms with Crippen molar-refractivity contribution < 1.29 is 13.6 Å². The van der Waals surface area contributed by atoms with E-state index in [1.165, 1.54) is 24.3 Å². The standard InChI is InChI=1S/C14H14FNO2/c1-16(8-11-6-7-18-10-11)9-14(17)12-2-4-13(15)5-3-12/h2-7,10H,8-9H2,1H3. The fourth-order valence-electron chi connectivity index (χ4n) is 1.72. The van der Waals surface area contributed by atoms with Crippen molar-refractivity contribution in [3.63, 3.8) is 0 Å². The molecule has 0 fully saturated rings. The zero-order valence-electron chi connectivity index (χ0n) is 10.1. The van der Waals surface area contributed by atoms with E-state index in [9.17, 15) is 9.18 Å². The summed E-state index contributed by atoms with van der Waals surface area (Å²) >= 11 is 0. The van der Waals surface area contributed by atoms with E-state index in [1.54, 1.807) is 12.5 Å². The van der Waals surface area contributed by atoms with Crippen molar-refractivity contribution >= 4 is 5.78 Å². The van der Waals surface area contributed by atoms with Gasteiger partial charge < -0.3 is 4.42 Å². The molecule has 2 aromatic rings. The van der Waals surface area contributed by atoms with E-state index in [4.69, 9.17) is 4.42 Å². The summed E-state index contributed by atoms with van der Waals surface area (Å²) in [5.74, 6) is -0.362. The maximum atomic E-state index is 12.7. The van der Waals surface area contributed by atoms with E-state index in [0.717, 1.165) is 5.56 Å². The van der Waals surface area contributed by atoms with Gasteiger partial charge in [0.05, 0.1) is 19.1 Å². The molecule has 3 nitrogen and oxygen atoms in total. The molecular weight excluding hydrogens is 233 g/mol. The molecule has 0 aliphatic heterocycles. The number of halogens is 1. The Kier molecular flexibility index (Phi) is 3.89. The Morgan fingerprint density at radius 3 is 2.61 bits per heavy atom. The summed E-state index contributed by atoms with van der Waals surface area (Å²) in [6.07, 6.45) is 3.25. The van der Waals surface area contributed by atoms with Crippen LogP contribution in [-0.4, -0.2) is 24.3 Å². The first-order valence-corrected chi connectivity index (χ1v) is 5.63. The second-order valence-electron chi connectivity index (χ2n) is 4.23. The van der Waals surface area contributed by atoms with Crippen molar-refractivity contribution in [2.75, 3.05) is 13.6 Å². The molecule has 1 aromatic carbocycles. The zero-order chi connectivity index (χ0) is 13.0. The minimum atomic E-state index is -0.335. The molecule has 0 saturated heterocycles.